The molecule has 5 heteroatoms. The number of aryl methyl sites for hydroxylation is 1. The fourth-order valence-electron chi connectivity index (χ4n) is 1.81. The molecule has 1 aromatic carbocycles. The standard InChI is InChI=1S/C14H17N3O2/c1-16-8-7-15-13(16)10-17(2)14(19)9-11-5-3-4-6-12(11)18/h3-8,18H,9-10H2,1-2H3. The number of hydrogen-bond acceptors (Lipinski definition) is 3. The zero-order valence-corrected chi connectivity index (χ0v) is 11.1. The molecule has 1 amide bonds. The number of carbonyl (C=O) groups is 1. The van der Waals surface area contributed by atoms with E-state index in [2.05, 4.69) is 4.98 Å². The summed E-state index contributed by atoms with van der Waals surface area (Å²) < 4.78 is 1.88. The predicted octanol–water partition coefficient (Wildman–Crippen LogP) is 1.33. The summed E-state index contributed by atoms with van der Waals surface area (Å²) in [4.78, 5) is 17.9. The van der Waals surface area contributed by atoms with Crippen molar-refractivity contribution in [3.63, 3.8) is 0 Å². The number of para-hydroxylation sites is 1. The maximum absolute atomic E-state index is 12.1. The molecular formula is C14H17N3O2. The lowest BCUT2D eigenvalue weighted by molar-refractivity contribution is -0.129. The summed E-state index contributed by atoms with van der Waals surface area (Å²) in [7, 11) is 3.63. The van der Waals surface area contributed by atoms with Crippen LogP contribution in [0, 0.1) is 0 Å². The first-order chi connectivity index (χ1) is 9.08. The lowest BCUT2D eigenvalue weighted by Gasteiger charge is -2.17. The number of aromatic nitrogens is 2. The maximum atomic E-state index is 12.1. The molecule has 0 aliphatic carbocycles. The van der Waals surface area contributed by atoms with Crippen LogP contribution in [0.2, 0.25) is 0 Å². The molecular weight excluding hydrogens is 242 g/mol. The van der Waals surface area contributed by atoms with Gasteiger partial charge in [0.25, 0.3) is 0 Å². The largest absolute Gasteiger partial charge is 0.508 e. The molecule has 0 unspecified atom stereocenters. The second-order valence-electron chi connectivity index (χ2n) is 4.51. The highest BCUT2D eigenvalue weighted by atomic mass is 16.3. The van der Waals surface area contributed by atoms with Gasteiger partial charge in [0.2, 0.25) is 5.91 Å². The van der Waals surface area contributed by atoms with Crippen molar-refractivity contribution in [1.82, 2.24) is 14.5 Å². The van der Waals surface area contributed by atoms with Crippen molar-refractivity contribution in [2.75, 3.05) is 7.05 Å². The van der Waals surface area contributed by atoms with Crippen molar-refractivity contribution >= 4 is 5.91 Å². The highest BCUT2D eigenvalue weighted by Gasteiger charge is 2.13. The average Bonchev–Trinajstić information content (AvgIpc) is 2.78. The Hall–Kier alpha value is -2.30. The van der Waals surface area contributed by atoms with Gasteiger partial charge in [0.1, 0.15) is 11.6 Å². The number of imidazole rings is 1. The van der Waals surface area contributed by atoms with Gasteiger partial charge in [0, 0.05) is 32.1 Å². The van der Waals surface area contributed by atoms with Crippen molar-refractivity contribution < 1.29 is 9.90 Å². The Morgan fingerprint density at radius 2 is 2.16 bits per heavy atom. The average molecular weight is 259 g/mol. The topological polar surface area (TPSA) is 58.4 Å². The van der Waals surface area contributed by atoms with Crippen molar-refractivity contribution in [2.24, 2.45) is 7.05 Å². The Labute approximate surface area is 112 Å². The number of rotatable bonds is 4. The Bertz CT molecular complexity index is 578. The first kappa shape index (κ1) is 13.1. The van der Waals surface area contributed by atoms with E-state index < -0.39 is 0 Å². The lowest BCUT2D eigenvalue weighted by atomic mass is 10.1. The fourth-order valence-corrected chi connectivity index (χ4v) is 1.81. The van der Waals surface area contributed by atoms with Crippen LogP contribution in [0.15, 0.2) is 36.7 Å². The molecule has 100 valence electrons. The van der Waals surface area contributed by atoms with E-state index >= 15 is 0 Å². The molecule has 0 aliphatic heterocycles. The van der Waals surface area contributed by atoms with Crippen LogP contribution in [0.4, 0.5) is 0 Å². The van der Waals surface area contributed by atoms with Crippen molar-refractivity contribution in [3.05, 3.63) is 48.0 Å². The van der Waals surface area contributed by atoms with Gasteiger partial charge < -0.3 is 14.6 Å². The van der Waals surface area contributed by atoms with E-state index in [-0.39, 0.29) is 18.1 Å². The molecule has 1 aromatic heterocycles. The Balaban J connectivity index is 2.00. The van der Waals surface area contributed by atoms with E-state index in [0.29, 0.717) is 12.1 Å². The molecule has 19 heavy (non-hydrogen) atoms. The van der Waals surface area contributed by atoms with Crippen LogP contribution in [-0.4, -0.2) is 32.5 Å². The smallest absolute Gasteiger partial charge is 0.227 e. The van der Waals surface area contributed by atoms with Gasteiger partial charge in [0.05, 0.1) is 13.0 Å². The van der Waals surface area contributed by atoms with E-state index in [1.807, 2.05) is 17.8 Å². The molecule has 0 bridgehead atoms. The maximum Gasteiger partial charge on any atom is 0.227 e. The van der Waals surface area contributed by atoms with Gasteiger partial charge in [-0.2, -0.15) is 0 Å². The Morgan fingerprint density at radius 3 is 2.79 bits per heavy atom. The molecule has 0 saturated heterocycles. The van der Waals surface area contributed by atoms with Crippen LogP contribution in [0.5, 0.6) is 5.75 Å². The third-order valence-corrected chi connectivity index (χ3v) is 3.06. The second kappa shape index (κ2) is 5.56. The number of phenolic OH excluding ortho intramolecular Hbond substituents is 1. The molecule has 2 rings (SSSR count). The monoisotopic (exact) mass is 259 g/mol. The normalized spacial score (nSPS) is 10.4. The van der Waals surface area contributed by atoms with Crippen LogP contribution in [-0.2, 0) is 24.8 Å². The number of hydrogen-bond donors (Lipinski definition) is 1. The second-order valence-corrected chi connectivity index (χ2v) is 4.51. The van der Waals surface area contributed by atoms with Crippen molar-refractivity contribution in [2.45, 2.75) is 13.0 Å². The quantitative estimate of drug-likeness (QED) is 0.901. The molecule has 1 heterocycles. The Kier molecular flexibility index (Phi) is 3.85. The van der Waals surface area contributed by atoms with Crippen LogP contribution < -0.4 is 0 Å². The van der Waals surface area contributed by atoms with E-state index in [9.17, 15) is 9.90 Å². The zero-order valence-electron chi connectivity index (χ0n) is 11.1. The number of likely N-dealkylation sites (N-methyl/N-ethyl adjacent to an activating group) is 1. The van der Waals surface area contributed by atoms with Gasteiger partial charge in [-0.25, -0.2) is 4.98 Å². The van der Waals surface area contributed by atoms with Gasteiger partial charge >= 0.3 is 0 Å². The lowest BCUT2D eigenvalue weighted by Crippen LogP contribution is -2.28. The summed E-state index contributed by atoms with van der Waals surface area (Å²) in [5.74, 6) is 0.930. The van der Waals surface area contributed by atoms with E-state index in [1.165, 1.54) is 0 Å². The van der Waals surface area contributed by atoms with Gasteiger partial charge in [-0.3, -0.25) is 4.79 Å². The number of nitrogens with zero attached hydrogens (tertiary/aromatic N) is 3. The number of aromatic hydroxyl groups is 1. The molecule has 1 N–H and O–H groups in total. The SMILES string of the molecule is CN(Cc1nccn1C)C(=O)Cc1ccccc1O. The molecule has 0 fully saturated rings. The molecule has 0 saturated carbocycles. The third kappa shape index (κ3) is 3.13. The minimum atomic E-state index is -0.0514. The highest BCUT2D eigenvalue weighted by molar-refractivity contribution is 5.79. The molecule has 0 aliphatic rings. The van der Waals surface area contributed by atoms with Crippen LogP contribution >= 0.6 is 0 Å². The fraction of sp³-hybridized carbons (Fsp3) is 0.286. The van der Waals surface area contributed by atoms with Crippen molar-refractivity contribution in [1.29, 1.82) is 0 Å². The summed E-state index contributed by atoms with van der Waals surface area (Å²) in [6.07, 6.45) is 3.74. The molecule has 0 spiro atoms. The minimum absolute atomic E-state index is 0.0514. The predicted molar refractivity (Wildman–Crippen MR) is 71.5 cm³/mol. The molecule has 2 aromatic rings. The summed E-state index contributed by atoms with van der Waals surface area (Å²) in [5.41, 5.74) is 0.638. The van der Waals surface area contributed by atoms with Gasteiger partial charge in [-0.15, -0.1) is 0 Å². The van der Waals surface area contributed by atoms with Crippen LogP contribution in [0.25, 0.3) is 0 Å². The Morgan fingerprint density at radius 1 is 1.42 bits per heavy atom. The van der Waals surface area contributed by atoms with Crippen LogP contribution in [0.1, 0.15) is 11.4 Å². The zero-order chi connectivity index (χ0) is 13.8. The van der Waals surface area contributed by atoms with Gasteiger partial charge in [-0.1, -0.05) is 18.2 Å². The molecule has 5 nitrogen and oxygen atoms in total. The van der Waals surface area contributed by atoms with E-state index in [0.717, 1.165) is 5.82 Å². The number of amides is 1. The number of carbonyl (C=O) groups excluding carboxylic acids is 1. The van der Waals surface area contributed by atoms with Gasteiger partial charge in [-0.05, 0) is 6.07 Å². The first-order valence-electron chi connectivity index (χ1n) is 6.05. The van der Waals surface area contributed by atoms with Gasteiger partial charge in [0.15, 0.2) is 0 Å². The summed E-state index contributed by atoms with van der Waals surface area (Å²) >= 11 is 0. The van der Waals surface area contributed by atoms with Crippen LogP contribution in [0.3, 0.4) is 0 Å². The highest BCUT2D eigenvalue weighted by Crippen LogP contribution is 2.17. The molecule has 0 atom stereocenters. The van der Waals surface area contributed by atoms with E-state index in [4.69, 9.17) is 0 Å². The summed E-state index contributed by atoms with van der Waals surface area (Å²) in [6, 6.07) is 6.88. The minimum Gasteiger partial charge on any atom is -0.508 e. The van der Waals surface area contributed by atoms with E-state index in [1.54, 1.807) is 42.4 Å². The third-order valence-electron chi connectivity index (χ3n) is 3.06. The number of benzene rings is 1. The summed E-state index contributed by atoms with van der Waals surface area (Å²) in [6.45, 7) is 0.454. The molecule has 0 radical (unpaired) electrons. The summed E-state index contributed by atoms with van der Waals surface area (Å²) in [5, 5.41) is 9.65. The first-order valence-corrected chi connectivity index (χ1v) is 6.05. The van der Waals surface area contributed by atoms with Crippen molar-refractivity contribution in [3.8, 4) is 5.75 Å². The number of phenols is 1.